The van der Waals surface area contributed by atoms with Crippen LogP contribution in [0.15, 0.2) is 16.1 Å². The zero-order valence-corrected chi connectivity index (χ0v) is 16.5. The standard InChI is InChI=1S/C14H19N7O2.W/c1-10-7-12(20-14(19-10)18-9-15-3)21(8-13(23)16-4)6-5-17-11(2)22;/h3,7,9H,4-6,8H2,1-2H3,(H,17,22)(H,18,19,20);. The quantitative estimate of drug-likeness (QED) is 0.355. The Morgan fingerprint density at radius 3 is 2.83 bits per heavy atom. The van der Waals surface area contributed by atoms with Crippen LogP contribution in [0.2, 0.25) is 0 Å². The number of hydrogen-bond acceptors (Lipinski definition) is 6. The summed E-state index contributed by atoms with van der Waals surface area (Å²) in [6.07, 6.45) is 1.49. The number of aliphatic imine (C=N–C) groups is 2. The molecule has 128 valence electrons. The summed E-state index contributed by atoms with van der Waals surface area (Å²) in [5.74, 6) is 0.396. The van der Waals surface area contributed by atoms with Gasteiger partial charge in [-0.05, 0) is 0 Å². The Bertz CT molecular complexity index is 648. The van der Waals surface area contributed by atoms with Gasteiger partial charge in [0.1, 0.15) is 0 Å². The summed E-state index contributed by atoms with van der Waals surface area (Å²) >= 11 is 1.23. The van der Waals surface area contributed by atoms with E-state index in [1.165, 1.54) is 32.6 Å². The van der Waals surface area contributed by atoms with Crippen LogP contribution in [0, 0.1) is 6.92 Å². The van der Waals surface area contributed by atoms with Crippen molar-refractivity contribution in [3.63, 3.8) is 0 Å². The fourth-order valence-corrected chi connectivity index (χ4v) is 1.98. The number of carbonyl (C=O) groups is 2. The van der Waals surface area contributed by atoms with Gasteiger partial charge < -0.3 is 0 Å². The van der Waals surface area contributed by atoms with Gasteiger partial charge in [-0.1, -0.05) is 0 Å². The molecule has 0 aliphatic rings. The molecular formula is C14H19N7O2W. The Hall–Kier alpha value is -2.28. The molecule has 2 amide bonds. The molecule has 0 atom stereocenters. The number of carbonyl (C=O) groups excluding carboxylic acids is 2. The second-order valence-electron chi connectivity index (χ2n) is 4.68. The van der Waals surface area contributed by atoms with Crippen LogP contribution in [0.5, 0.6) is 0 Å². The van der Waals surface area contributed by atoms with Crippen molar-refractivity contribution >= 4 is 41.2 Å². The zero-order valence-electron chi connectivity index (χ0n) is 13.5. The Kier molecular flexibility index (Phi) is 8.63. The minimum atomic E-state index is -0.381. The van der Waals surface area contributed by atoms with Crippen molar-refractivity contribution in [3.05, 3.63) is 11.8 Å². The maximum absolute atomic E-state index is 11.6. The molecule has 0 saturated heterocycles. The summed E-state index contributed by atoms with van der Waals surface area (Å²) in [6.45, 7) is 7.29. The average molecular weight is 501 g/mol. The number of hydrogen-bond donors (Lipinski definition) is 2. The molecular weight excluding hydrogens is 482 g/mol. The predicted octanol–water partition coefficient (Wildman–Crippen LogP) is -0.299. The third-order valence-electron chi connectivity index (χ3n) is 2.75. The fourth-order valence-electron chi connectivity index (χ4n) is 1.76. The van der Waals surface area contributed by atoms with E-state index < -0.39 is 0 Å². The molecule has 0 radical (unpaired) electrons. The van der Waals surface area contributed by atoms with Crippen LogP contribution in [-0.4, -0.2) is 59.0 Å². The SMILES string of the molecule is C=NC(=O)CN(CCNC(C)=O)c1cc(C)nc(NC=N[CH]=[W])n1. The molecule has 9 nitrogen and oxygen atoms in total. The number of anilines is 2. The maximum atomic E-state index is 11.6. The molecule has 0 aliphatic carbocycles. The number of aromatic nitrogens is 2. The van der Waals surface area contributed by atoms with E-state index in [1.807, 2.05) is 6.92 Å². The van der Waals surface area contributed by atoms with Crippen molar-refractivity contribution in [1.82, 2.24) is 15.3 Å². The number of rotatable bonds is 9. The summed E-state index contributed by atoms with van der Waals surface area (Å²) in [6, 6.07) is 1.75. The van der Waals surface area contributed by atoms with Gasteiger partial charge in [-0.25, -0.2) is 0 Å². The number of aryl methyl sites for hydroxylation is 1. The van der Waals surface area contributed by atoms with E-state index in [9.17, 15) is 9.59 Å². The predicted molar refractivity (Wildman–Crippen MR) is 90.4 cm³/mol. The Balaban J connectivity index is 2.98. The second-order valence-corrected chi connectivity index (χ2v) is 5.43. The Morgan fingerprint density at radius 2 is 2.21 bits per heavy atom. The third kappa shape index (κ3) is 7.32. The molecule has 1 rings (SSSR count). The molecule has 2 N–H and O–H groups in total. The molecule has 0 unspecified atom stereocenters. The molecule has 0 fully saturated rings. The van der Waals surface area contributed by atoms with Crippen LogP contribution in [0.3, 0.4) is 0 Å². The summed E-state index contributed by atoms with van der Waals surface area (Å²) in [5, 5.41) is 5.56. The fraction of sp³-hybridized carbons (Fsp3) is 0.357. The van der Waals surface area contributed by atoms with E-state index in [-0.39, 0.29) is 18.4 Å². The van der Waals surface area contributed by atoms with Crippen LogP contribution < -0.4 is 15.5 Å². The second kappa shape index (κ2) is 10.5. The summed E-state index contributed by atoms with van der Waals surface area (Å²) in [4.78, 5) is 40.3. The van der Waals surface area contributed by atoms with Gasteiger partial charge in [0.2, 0.25) is 0 Å². The van der Waals surface area contributed by atoms with Crippen molar-refractivity contribution in [2.75, 3.05) is 29.9 Å². The van der Waals surface area contributed by atoms with Crippen LogP contribution in [0.4, 0.5) is 11.8 Å². The van der Waals surface area contributed by atoms with Crippen LogP contribution in [0.1, 0.15) is 12.6 Å². The third-order valence-corrected chi connectivity index (χ3v) is 3.19. The molecule has 1 aromatic rings. The van der Waals surface area contributed by atoms with Gasteiger partial charge in [0.05, 0.1) is 0 Å². The van der Waals surface area contributed by atoms with Gasteiger partial charge >= 0.3 is 139 Å². The molecule has 1 aromatic heterocycles. The molecule has 0 spiro atoms. The Labute approximate surface area is 151 Å². The van der Waals surface area contributed by atoms with Crippen LogP contribution >= 0.6 is 0 Å². The molecule has 10 heteroatoms. The van der Waals surface area contributed by atoms with E-state index in [2.05, 4.69) is 37.3 Å². The summed E-state index contributed by atoms with van der Waals surface area (Å²) in [5.41, 5.74) is 0.727. The van der Waals surface area contributed by atoms with Crippen LogP contribution in [0.25, 0.3) is 0 Å². The van der Waals surface area contributed by atoms with Gasteiger partial charge in [0.15, 0.2) is 0 Å². The van der Waals surface area contributed by atoms with E-state index in [0.29, 0.717) is 24.9 Å². The first-order valence-corrected chi connectivity index (χ1v) is 8.72. The van der Waals surface area contributed by atoms with Gasteiger partial charge in [0, 0.05) is 6.92 Å². The van der Waals surface area contributed by atoms with Crippen molar-refractivity contribution < 1.29 is 28.9 Å². The molecule has 0 aromatic carbocycles. The first-order valence-electron chi connectivity index (χ1n) is 7.02. The first-order chi connectivity index (χ1) is 11.5. The van der Waals surface area contributed by atoms with E-state index >= 15 is 0 Å². The van der Waals surface area contributed by atoms with E-state index in [4.69, 9.17) is 0 Å². The normalized spacial score (nSPS) is 10.2. The molecule has 24 heavy (non-hydrogen) atoms. The summed E-state index contributed by atoms with van der Waals surface area (Å²) in [7, 11) is 0. The number of amides is 2. The molecule has 0 bridgehead atoms. The minimum absolute atomic E-state index is 0.0131. The number of nitrogens with one attached hydrogen (secondary N) is 2. The topological polar surface area (TPSA) is 112 Å². The van der Waals surface area contributed by atoms with Crippen molar-refractivity contribution in [2.24, 2.45) is 9.98 Å². The number of nitrogens with zero attached hydrogens (tertiary/aromatic N) is 5. The van der Waals surface area contributed by atoms with Gasteiger partial charge in [0.25, 0.3) is 0 Å². The monoisotopic (exact) mass is 501 g/mol. The zero-order chi connectivity index (χ0) is 17.9. The first kappa shape index (κ1) is 19.8. The van der Waals surface area contributed by atoms with Crippen molar-refractivity contribution in [1.29, 1.82) is 0 Å². The molecule has 0 aliphatic heterocycles. The van der Waals surface area contributed by atoms with Crippen molar-refractivity contribution in [2.45, 2.75) is 13.8 Å². The van der Waals surface area contributed by atoms with E-state index in [1.54, 1.807) is 15.5 Å². The van der Waals surface area contributed by atoms with Gasteiger partial charge in [-0.15, -0.1) is 0 Å². The van der Waals surface area contributed by atoms with E-state index in [0.717, 1.165) is 5.69 Å². The average Bonchev–Trinajstić information content (AvgIpc) is 2.53. The van der Waals surface area contributed by atoms with Gasteiger partial charge in [-0.3, -0.25) is 4.79 Å². The molecule has 1 heterocycles. The molecule has 0 saturated carbocycles. The summed E-state index contributed by atoms with van der Waals surface area (Å²) < 4.78 is 1.71. The van der Waals surface area contributed by atoms with Gasteiger partial charge in [-0.2, -0.15) is 0 Å². The van der Waals surface area contributed by atoms with Crippen LogP contribution in [-0.2, 0) is 28.9 Å². The van der Waals surface area contributed by atoms with Crippen molar-refractivity contribution in [3.8, 4) is 0 Å². The Morgan fingerprint density at radius 1 is 1.46 bits per heavy atom.